The van der Waals surface area contributed by atoms with E-state index in [0.29, 0.717) is 5.75 Å². The van der Waals surface area contributed by atoms with Crippen LogP contribution in [0.1, 0.15) is 31.5 Å². The van der Waals surface area contributed by atoms with Crippen LogP contribution in [0, 0.1) is 0 Å². The Labute approximate surface area is 169 Å². The molecule has 0 radical (unpaired) electrons. The lowest BCUT2D eigenvalue weighted by Crippen LogP contribution is -2.16. The van der Waals surface area contributed by atoms with Gasteiger partial charge in [0.1, 0.15) is 11.5 Å². The number of hydrogen-bond donors (Lipinski definition) is 5. The van der Waals surface area contributed by atoms with E-state index < -0.39 is 25.2 Å². The second-order valence-electron chi connectivity index (χ2n) is 5.08. The van der Waals surface area contributed by atoms with Gasteiger partial charge in [0.15, 0.2) is 6.79 Å². The molecule has 0 saturated carbocycles. The van der Waals surface area contributed by atoms with Crippen LogP contribution in [0.2, 0.25) is 0 Å². The number of hydrogen-bond acceptors (Lipinski definition) is 7. The van der Waals surface area contributed by atoms with Crippen molar-refractivity contribution in [1.82, 2.24) is 10.6 Å². The Morgan fingerprint density at radius 3 is 2.07 bits per heavy atom. The molecule has 0 spiro atoms. The average Bonchev–Trinajstić information content (AvgIpc) is 2.78. The standard InChI is InChI=1S/C11H17NO3.C9H13NO2/c1-12-7-11(13)9-4-3-5-10(6-9)15-8-14-2;1-10-6-9(12)7-3-2-4-8(11)5-7/h3-6,11-13H,7-8H2,1-2H3;2-5,9-12H,6H2,1H3/i7D2,11D;6D2,9D. The van der Waals surface area contributed by atoms with Crippen LogP contribution < -0.4 is 15.4 Å². The van der Waals surface area contributed by atoms with Gasteiger partial charge in [0, 0.05) is 25.6 Å². The van der Waals surface area contributed by atoms with E-state index >= 15 is 0 Å². The van der Waals surface area contributed by atoms with Gasteiger partial charge in [-0.1, -0.05) is 24.3 Å². The molecule has 0 aromatic heterocycles. The number of likely N-dealkylation sites (N-methyl/N-ethyl adjacent to an activating group) is 2. The number of phenols is 1. The van der Waals surface area contributed by atoms with Gasteiger partial charge in [0.05, 0.1) is 14.9 Å². The Bertz CT molecular complexity index is 899. The molecule has 0 fully saturated rings. The van der Waals surface area contributed by atoms with E-state index in [2.05, 4.69) is 10.6 Å². The van der Waals surface area contributed by atoms with Crippen LogP contribution in [0.4, 0.5) is 0 Å². The molecule has 7 heteroatoms. The third-order valence-electron chi connectivity index (χ3n) is 3.06. The summed E-state index contributed by atoms with van der Waals surface area (Å²) in [5, 5.41) is 33.4. The lowest BCUT2D eigenvalue weighted by molar-refractivity contribution is 0.0508. The molecule has 2 atom stereocenters. The van der Waals surface area contributed by atoms with Crippen LogP contribution >= 0.6 is 0 Å². The zero-order valence-corrected chi connectivity index (χ0v) is 15.5. The van der Waals surface area contributed by atoms with Crippen LogP contribution in [0.3, 0.4) is 0 Å². The van der Waals surface area contributed by atoms with Gasteiger partial charge >= 0.3 is 0 Å². The van der Waals surface area contributed by atoms with E-state index in [1.807, 2.05) is 0 Å². The largest absolute Gasteiger partial charge is 0.508 e. The predicted octanol–water partition coefficient (Wildman–Crippen LogP) is 1.57. The van der Waals surface area contributed by atoms with Crippen molar-refractivity contribution in [2.75, 3.05) is 41.0 Å². The molecule has 0 heterocycles. The normalized spacial score (nSPS) is 19.3. The van der Waals surface area contributed by atoms with Crippen molar-refractivity contribution in [3.05, 3.63) is 59.7 Å². The smallest absolute Gasteiger partial charge is 0.188 e. The highest BCUT2D eigenvalue weighted by molar-refractivity contribution is 5.30. The van der Waals surface area contributed by atoms with Crippen molar-refractivity contribution in [1.29, 1.82) is 0 Å². The third kappa shape index (κ3) is 8.85. The summed E-state index contributed by atoms with van der Waals surface area (Å²) >= 11 is 0. The van der Waals surface area contributed by atoms with Crippen LogP contribution in [0.15, 0.2) is 48.5 Å². The van der Waals surface area contributed by atoms with Crippen molar-refractivity contribution < 1.29 is 33.0 Å². The number of aliphatic hydroxyl groups is 2. The first-order chi connectivity index (χ1) is 15.2. The van der Waals surface area contributed by atoms with Crippen LogP contribution in [0.25, 0.3) is 0 Å². The summed E-state index contributed by atoms with van der Waals surface area (Å²) in [6, 6.07) is 11.4. The van der Waals surface area contributed by atoms with Gasteiger partial charge in [-0.3, -0.25) is 0 Å². The van der Waals surface area contributed by atoms with Crippen molar-refractivity contribution in [2.45, 2.75) is 12.2 Å². The minimum atomic E-state index is -2.46. The summed E-state index contributed by atoms with van der Waals surface area (Å²) < 4.78 is 55.3. The topological polar surface area (TPSA) is 103 Å². The van der Waals surface area contributed by atoms with E-state index in [-0.39, 0.29) is 23.7 Å². The number of benzene rings is 2. The summed E-state index contributed by atoms with van der Waals surface area (Å²) in [4.78, 5) is 0. The Morgan fingerprint density at radius 1 is 1.00 bits per heavy atom. The number of nitrogens with one attached hydrogen (secondary N) is 2. The lowest BCUT2D eigenvalue weighted by atomic mass is 10.1. The molecule has 7 nitrogen and oxygen atoms in total. The highest BCUT2D eigenvalue weighted by Gasteiger charge is 2.07. The molecule has 0 amide bonds. The average molecular weight is 385 g/mol. The summed E-state index contributed by atoms with van der Waals surface area (Å²) in [6.07, 6.45) is -4.88. The van der Waals surface area contributed by atoms with E-state index in [1.54, 1.807) is 12.1 Å². The number of phenolic OH excluding ortho intramolecular Hbond substituents is 1. The van der Waals surface area contributed by atoms with Crippen LogP contribution in [-0.2, 0) is 4.74 Å². The fourth-order valence-electron chi connectivity index (χ4n) is 1.89. The molecular formula is C20H30N2O5. The van der Waals surface area contributed by atoms with Gasteiger partial charge in [-0.15, -0.1) is 0 Å². The summed E-state index contributed by atoms with van der Waals surface area (Å²) in [5.41, 5.74) is 0.0808. The molecule has 2 aromatic rings. The second-order valence-corrected chi connectivity index (χ2v) is 5.08. The van der Waals surface area contributed by atoms with Gasteiger partial charge in [0.25, 0.3) is 0 Å². The molecule has 2 aromatic carbocycles. The maximum atomic E-state index is 10.0. The maximum absolute atomic E-state index is 10.0. The molecule has 0 saturated heterocycles. The SMILES string of the molecule is [2H]C([2H])(NC)C([2H])(O)c1cccc(O)c1.[2H]C([2H])(NC)C([2H])(O)c1cccc(OCOC)c1. The van der Waals surface area contributed by atoms with E-state index in [9.17, 15) is 15.3 Å². The van der Waals surface area contributed by atoms with E-state index in [0.717, 1.165) is 6.07 Å². The molecule has 0 aliphatic carbocycles. The van der Waals surface area contributed by atoms with Crippen LogP contribution in [0.5, 0.6) is 11.5 Å². The molecule has 2 unspecified atom stereocenters. The number of rotatable bonds is 9. The molecule has 0 bridgehead atoms. The summed E-state index contributed by atoms with van der Waals surface area (Å²) in [5.74, 6) is 0.275. The first-order valence-corrected chi connectivity index (χ1v) is 8.00. The van der Waals surface area contributed by atoms with Crippen molar-refractivity contribution in [3.63, 3.8) is 0 Å². The molecule has 2 rings (SSSR count). The van der Waals surface area contributed by atoms with Crippen LogP contribution in [-0.4, -0.2) is 56.3 Å². The minimum Gasteiger partial charge on any atom is -0.508 e. The van der Waals surface area contributed by atoms with E-state index in [4.69, 9.17) is 17.7 Å². The van der Waals surface area contributed by atoms with Gasteiger partial charge in [-0.05, 0) is 49.5 Å². The Kier molecular flexibility index (Phi) is 7.19. The molecule has 5 N–H and O–H groups in total. The number of ether oxygens (including phenoxy) is 2. The van der Waals surface area contributed by atoms with Gasteiger partial charge in [0.2, 0.25) is 0 Å². The van der Waals surface area contributed by atoms with Gasteiger partial charge < -0.3 is 35.4 Å². The molecule has 150 valence electrons. The maximum Gasteiger partial charge on any atom is 0.188 e. The van der Waals surface area contributed by atoms with E-state index in [1.165, 1.54) is 51.5 Å². The Hall–Kier alpha value is -2.16. The third-order valence-corrected chi connectivity index (χ3v) is 3.06. The van der Waals surface area contributed by atoms with Crippen molar-refractivity contribution >= 4 is 0 Å². The predicted molar refractivity (Wildman–Crippen MR) is 105 cm³/mol. The molecular weight excluding hydrogens is 348 g/mol. The molecule has 0 aliphatic rings. The fourth-order valence-corrected chi connectivity index (χ4v) is 1.89. The summed E-state index contributed by atoms with van der Waals surface area (Å²) in [6.45, 7) is -4.55. The Morgan fingerprint density at radius 2 is 1.56 bits per heavy atom. The number of methoxy groups -OCH3 is 1. The zero-order chi connectivity index (χ0) is 25.5. The zero-order valence-electron chi connectivity index (χ0n) is 21.5. The quantitative estimate of drug-likeness (QED) is 0.418. The number of aromatic hydroxyl groups is 1. The van der Waals surface area contributed by atoms with Gasteiger partial charge in [-0.2, -0.15) is 0 Å². The second kappa shape index (κ2) is 13.1. The minimum absolute atomic E-state index is 0.0122. The first-order valence-electron chi connectivity index (χ1n) is 11.0. The van der Waals surface area contributed by atoms with Crippen molar-refractivity contribution in [2.24, 2.45) is 0 Å². The first kappa shape index (κ1) is 14.8. The highest BCUT2D eigenvalue weighted by Crippen LogP contribution is 2.19. The Balaban J connectivity index is 0.000000335. The lowest BCUT2D eigenvalue weighted by Gasteiger charge is -2.12. The fraction of sp³-hybridized carbons (Fsp3) is 0.400. The molecule has 27 heavy (non-hydrogen) atoms. The van der Waals surface area contributed by atoms with Gasteiger partial charge in [-0.25, -0.2) is 0 Å². The molecule has 0 aliphatic heterocycles. The summed E-state index contributed by atoms with van der Waals surface area (Å²) in [7, 11) is 4.12. The van der Waals surface area contributed by atoms with Crippen molar-refractivity contribution in [3.8, 4) is 11.5 Å². The highest BCUT2D eigenvalue weighted by atomic mass is 16.7. The monoisotopic (exact) mass is 384 g/mol.